The van der Waals surface area contributed by atoms with Crippen molar-refractivity contribution in [2.24, 2.45) is 5.73 Å². The number of likely N-dealkylation sites (N-methyl/N-ethyl adjacent to an activating group) is 1. The summed E-state index contributed by atoms with van der Waals surface area (Å²) in [6.07, 6.45) is 8.98. The molecule has 0 fully saturated rings. The number of nitrogens with zero attached hydrogens (tertiary/aromatic N) is 2. The van der Waals surface area contributed by atoms with E-state index < -0.39 is 11.5 Å². The zero-order valence-corrected chi connectivity index (χ0v) is 19.6. The highest BCUT2D eigenvalue weighted by molar-refractivity contribution is 5.87. The Morgan fingerprint density at radius 3 is 2.81 bits per heavy atom. The number of nitrogens with two attached hydrogens (primary N) is 1. The third-order valence-corrected chi connectivity index (χ3v) is 5.26. The molecule has 4 rings (SSSR count). The molecule has 2 aromatic rings. The van der Waals surface area contributed by atoms with E-state index in [9.17, 15) is 4.79 Å². The van der Waals surface area contributed by atoms with Crippen molar-refractivity contribution in [1.29, 1.82) is 0 Å². The van der Waals surface area contributed by atoms with E-state index in [2.05, 4.69) is 10.2 Å². The number of ether oxygens (including phenoxy) is 3. The summed E-state index contributed by atoms with van der Waals surface area (Å²) in [6, 6.07) is 5.59. The highest BCUT2D eigenvalue weighted by atomic mass is 35.5. The molecule has 0 saturated carbocycles. The van der Waals surface area contributed by atoms with Crippen LogP contribution in [0.1, 0.15) is 18.4 Å². The fourth-order valence-corrected chi connectivity index (χ4v) is 3.55. The highest BCUT2D eigenvalue weighted by Crippen LogP contribution is 2.42. The fourth-order valence-electron chi connectivity index (χ4n) is 3.55. The van der Waals surface area contributed by atoms with Crippen LogP contribution < -0.4 is 10.5 Å². The Morgan fingerprint density at radius 1 is 1.31 bits per heavy atom. The Morgan fingerprint density at radius 2 is 2.12 bits per heavy atom. The number of benzene rings is 1. The van der Waals surface area contributed by atoms with Gasteiger partial charge < -0.3 is 24.8 Å². The number of carbonyl (C=O) groups is 1. The molecule has 1 aromatic carbocycles. The number of rotatable bonds is 7. The fraction of sp³-hybridized carbons (Fsp3) is 0.364. The SMILES string of the molecule is CN(C)CCOc1cc(-c2cn[nH]c2)ccc1C1(C(N)=O)COC2=C(C=CCC2)O1.Cl.Cl. The van der Waals surface area contributed by atoms with E-state index in [0.717, 1.165) is 29.7 Å². The third kappa shape index (κ3) is 5.03. The average Bonchev–Trinajstić information content (AvgIpc) is 3.28. The number of primary amides is 1. The minimum absolute atomic E-state index is 0. The van der Waals surface area contributed by atoms with Crippen LogP contribution in [-0.2, 0) is 19.9 Å². The molecule has 1 aromatic heterocycles. The highest BCUT2D eigenvalue weighted by Gasteiger charge is 2.48. The van der Waals surface area contributed by atoms with Gasteiger partial charge in [0.2, 0.25) is 5.60 Å². The van der Waals surface area contributed by atoms with Gasteiger partial charge in [-0.1, -0.05) is 12.1 Å². The van der Waals surface area contributed by atoms with Crippen LogP contribution in [0.2, 0.25) is 0 Å². The number of aromatic amines is 1. The molecule has 1 aliphatic heterocycles. The molecular weight excluding hydrogens is 455 g/mol. The van der Waals surface area contributed by atoms with Gasteiger partial charge >= 0.3 is 0 Å². The van der Waals surface area contributed by atoms with E-state index in [-0.39, 0.29) is 31.4 Å². The lowest BCUT2D eigenvalue weighted by Crippen LogP contribution is -2.49. The minimum atomic E-state index is -1.47. The van der Waals surface area contributed by atoms with Gasteiger partial charge in [0.05, 0.1) is 11.8 Å². The molecule has 2 aliphatic rings. The Hall–Kier alpha value is -2.68. The van der Waals surface area contributed by atoms with E-state index in [4.69, 9.17) is 19.9 Å². The number of carbonyl (C=O) groups excluding carboxylic acids is 1. The molecule has 8 nitrogen and oxygen atoms in total. The predicted octanol–water partition coefficient (Wildman–Crippen LogP) is 3.15. The summed E-state index contributed by atoms with van der Waals surface area (Å²) >= 11 is 0. The summed E-state index contributed by atoms with van der Waals surface area (Å²) in [5.41, 5.74) is 6.76. The second kappa shape index (κ2) is 10.8. The molecule has 0 radical (unpaired) electrons. The second-order valence-electron chi connectivity index (χ2n) is 7.66. The van der Waals surface area contributed by atoms with E-state index in [1.54, 1.807) is 12.4 Å². The van der Waals surface area contributed by atoms with Gasteiger partial charge in [0, 0.05) is 24.7 Å². The standard InChI is InChI=1S/C22H26N4O4.2ClH/c1-26(2)9-10-28-20-11-15(16-12-24-25-13-16)7-8-17(20)22(21(23)27)14-29-18-5-3-4-6-19(18)30-22;;/h4,6-8,11-13H,3,5,9-10,14H2,1-2H3,(H2,23,27)(H,24,25);2*1H. The van der Waals surface area contributed by atoms with Crippen LogP contribution in [0, 0.1) is 0 Å². The lowest BCUT2D eigenvalue weighted by Gasteiger charge is -2.38. The normalized spacial score (nSPS) is 19.2. The Kier molecular flexibility index (Phi) is 8.60. The number of aromatic nitrogens is 2. The maximum Gasteiger partial charge on any atom is 0.270 e. The van der Waals surface area contributed by atoms with Crippen molar-refractivity contribution in [3.05, 3.63) is 59.8 Å². The molecule has 1 aliphatic carbocycles. The summed E-state index contributed by atoms with van der Waals surface area (Å²) < 4.78 is 18.2. The van der Waals surface area contributed by atoms with E-state index in [1.165, 1.54) is 0 Å². The van der Waals surface area contributed by atoms with Crippen LogP contribution in [0.25, 0.3) is 11.1 Å². The number of H-pyrrole nitrogens is 1. The number of halogens is 2. The number of hydrogen-bond acceptors (Lipinski definition) is 6. The minimum Gasteiger partial charge on any atom is -0.492 e. The van der Waals surface area contributed by atoms with Gasteiger partial charge in [-0.3, -0.25) is 9.89 Å². The quantitative estimate of drug-likeness (QED) is 0.628. The van der Waals surface area contributed by atoms with Gasteiger partial charge in [-0.15, -0.1) is 24.8 Å². The van der Waals surface area contributed by atoms with Crippen LogP contribution in [0.15, 0.2) is 54.3 Å². The first-order valence-corrected chi connectivity index (χ1v) is 9.92. The van der Waals surface area contributed by atoms with Crippen LogP contribution in [-0.4, -0.2) is 54.9 Å². The van der Waals surface area contributed by atoms with Crippen LogP contribution in [0.4, 0.5) is 0 Å². The van der Waals surface area contributed by atoms with Gasteiger partial charge in [-0.25, -0.2) is 0 Å². The summed E-state index contributed by atoms with van der Waals surface area (Å²) in [5.74, 6) is 1.20. The van der Waals surface area contributed by atoms with Gasteiger partial charge in [0.25, 0.3) is 5.91 Å². The zero-order valence-electron chi connectivity index (χ0n) is 18.0. The molecule has 0 saturated heterocycles. The Balaban J connectivity index is 0.00000181. The monoisotopic (exact) mass is 482 g/mol. The lowest BCUT2D eigenvalue weighted by atomic mass is 9.89. The predicted molar refractivity (Wildman–Crippen MR) is 126 cm³/mol. The molecule has 3 N–H and O–H groups in total. The van der Waals surface area contributed by atoms with Crippen LogP contribution >= 0.6 is 24.8 Å². The van der Waals surface area contributed by atoms with E-state index in [0.29, 0.717) is 30.2 Å². The topological polar surface area (TPSA) is 103 Å². The van der Waals surface area contributed by atoms with Crippen LogP contribution in [0.5, 0.6) is 5.75 Å². The molecule has 10 heteroatoms. The van der Waals surface area contributed by atoms with Gasteiger partial charge in [-0.05, 0) is 44.3 Å². The average molecular weight is 483 g/mol. The molecule has 1 atom stereocenters. The Bertz CT molecular complexity index is 992. The number of hydrogen-bond donors (Lipinski definition) is 2. The van der Waals surface area contributed by atoms with Crippen molar-refractivity contribution in [3.63, 3.8) is 0 Å². The summed E-state index contributed by atoms with van der Waals surface area (Å²) in [7, 11) is 3.94. The maximum atomic E-state index is 12.7. The molecule has 2 heterocycles. The summed E-state index contributed by atoms with van der Waals surface area (Å²) in [5, 5.41) is 6.82. The molecule has 1 unspecified atom stereocenters. The Labute approximate surface area is 199 Å². The smallest absolute Gasteiger partial charge is 0.270 e. The van der Waals surface area contributed by atoms with Crippen molar-refractivity contribution in [1.82, 2.24) is 15.1 Å². The van der Waals surface area contributed by atoms with Gasteiger partial charge in [-0.2, -0.15) is 5.10 Å². The molecule has 1 amide bonds. The van der Waals surface area contributed by atoms with Gasteiger partial charge in [0.1, 0.15) is 24.7 Å². The lowest BCUT2D eigenvalue weighted by molar-refractivity contribution is -0.152. The van der Waals surface area contributed by atoms with Crippen molar-refractivity contribution in [2.75, 3.05) is 33.9 Å². The number of amides is 1. The first kappa shape index (κ1) is 25.6. The first-order chi connectivity index (χ1) is 14.5. The largest absolute Gasteiger partial charge is 0.492 e. The maximum absolute atomic E-state index is 12.7. The molecule has 174 valence electrons. The van der Waals surface area contributed by atoms with E-state index >= 15 is 0 Å². The number of allylic oxidation sites excluding steroid dienone is 3. The summed E-state index contributed by atoms with van der Waals surface area (Å²) in [6.45, 7) is 1.16. The molecular formula is C22H28Cl2N4O4. The van der Waals surface area contributed by atoms with Crippen molar-refractivity contribution >= 4 is 30.7 Å². The van der Waals surface area contributed by atoms with Crippen molar-refractivity contribution in [2.45, 2.75) is 18.4 Å². The van der Waals surface area contributed by atoms with Crippen LogP contribution in [0.3, 0.4) is 0 Å². The second-order valence-corrected chi connectivity index (χ2v) is 7.66. The third-order valence-electron chi connectivity index (χ3n) is 5.26. The van der Waals surface area contributed by atoms with Gasteiger partial charge in [0.15, 0.2) is 5.76 Å². The zero-order chi connectivity index (χ0) is 21.1. The first-order valence-electron chi connectivity index (χ1n) is 9.92. The van der Waals surface area contributed by atoms with Crippen molar-refractivity contribution < 1.29 is 19.0 Å². The molecule has 0 bridgehead atoms. The number of nitrogens with one attached hydrogen (secondary N) is 1. The molecule has 32 heavy (non-hydrogen) atoms. The van der Waals surface area contributed by atoms with Crippen molar-refractivity contribution in [3.8, 4) is 16.9 Å². The van der Waals surface area contributed by atoms with E-state index in [1.807, 2.05) is 49.3 Å². The summed E-state index contributed by atoms with van der Waals surface area (Å²) in [4.78, 5) is 14.7. The molecule has 0 spiro atoms.